The average molecular weight is 314 g/mol. The third-order valence-electron chi connectivity index (χ3n) is 2.47. The Morgan fingerprint density at radius 1 is 1.22 bits per heavy atom. The number of carboxylic acid groups (broad SMARTS) is 1. The molecule has 0 aliphatic rings. The second kappa shape index (κ2) is 7.87. The minimum Gasteiger partial charge on any atom is -0.481 e. The zero-order valence-corrected chi connectivity index (χ0v) is 11.6. The normalized spacial score (nSPS) is 10.1. The number of carboxylic acids is 1. The number of nitrogens with one attached hydrogen (secondary N) is 1. The minimum atomic E-state index is -0.865. The molecule has 1 aromatic rings. The molecule has 1 amide bonds. The average Bonchev–Trinajstić information content (AvgIpc) is 2.31. The highest BCUT2D eigenvalue weighted by Gasteiger charge is 2.04. The Morgan fingerprint density at radius 2 is 1.94 bits per heavy atom. The van der Waals surface area contributed by atoms with Crippen molar-refractivity contribution in [2.75, 3.05) is 6.54 Å². The maximum Gasteiger partial charge on any atom is 0.303 e. The van der Waals surface area contributed by atoms with Gasteiger partial charge in [-0.3, -0.25) is 9.59 Å². The van der Waals surface area contributed by atoms with Crippen LogP contribution in [0.2, 0.25) is 0 Å². The molecule has 0 aromatic heterocycles. The smallest absolute Gasteiger partial charge is 0.303 e. The van der Waals surface area contributed by atoms with E-state index in [0.717, 1.165) is 16.5 Å². The van der Waals surface area contributed by atoms with Gasteiger partial charge in [-0.25, -0.2) is 0 Å². The molecular weight excluding hydrogens is 298 g/mol. The number of hydrogen-bond donors (Lipinski definition) is 2. The second-order valence-electron chi connectivity index (χ2n) is 3.94. The van der Waals surface area contributed by atoms with Crippen molar-refractivity contribution in [3.05, 3.63) is 34.3 Å². The number of rotatable bonds is 7. The Kier molecular flexibility index (Phi) is 6.43. The van der Waals surface area contributed by atoms with Crippen LogP contribution in [0.1, 0.15) is 24.8 Å². The van der Waals surface area contributed by atoms with Gasteiger partial charge in [0.05, 0.1) is 0 Å². The van der Waals surface area contributed by atoms with E-state index in [0.29, 0.717) is 13.0 Å². The second-order valence-corrected chi connectivity index (χ2v) is 4.79. The summed E-state index contributed by atoms with van der Waals surface area (Å²) in [5.41, 5.74) is 1.14. The number of amides is 1. The minimum absolute atomic E-state index is 0.0393. The molecule has 0 unspecified atom stereocenters. The van der Waals surface area contributed by atoms with Crippen molar-refractivity contribution in [2.24, 2.45) is 0 Å². The Bertz CT molecular complexity index is 420. The highest BCUT2D eigenvalue weighted by Crippen LogP contribution is 2.15. The summed E-state index contributed by atoms with van der Waals surface area (Å²) in [6.45, 7) is 0.564. The van der Waals surface area contributed by atoms with E-state index in [4.69, 9.17) is 5.11 Å². The fourth-order valence-electron chi connectivity index (χ4n) is 1.53. The van der Waals surface area contributed by atoms with Gasteiger partial charge in [-0.15, -0.1) is 0 Å². The molecule has 5 heteroatoms. The molecule has 18 heavy (non-hydrogen) atoms. The number of aliphatic carboxylic acids is 1. The Balaban J connectivity index is 2.20. The van der Waals surface area contributed by atoms with Gasteiger partial charge in [0, 0.05) is 23.9 Å². The van der Waals surface area contributed by atoms with Crippen LogP contribution >= 0.6 is 15.9 Å². The van der Waals surface area contributed by atoms with E-state index in [1.807, 2.05) is 24.3 Å². The van der Waals surface area contributed by atoms with Gasteiger partial charge in [0.25, 0.3) is 0 Å². The molecule has 0 spiro atoms. The van der Waals surface area contributed by atoms with Crippen molar-refractivity contribution in [2.45, 2.75) is 25.7 Å². The number of hydrogen-bond acceptors (Lipinski definition) is 2. The number of carbonyl (C=O) groups excluding carboxylic acids is 1. The van der Waals surface area contributed by atoms with E-state index < -0.39 is 5.97 Å². The molecule has 0 aliphatic heterocycles. The van der Waals surface area contributed by atoms with Crippen LogP contribution in [-0.2, 0) is 16.0 Å². The highest BCUT2D eigenvalue weighted by molar-refractivity contribution is 9.10. The summed E-state index contributed by atoms with van der Waals surface area (Å²) in [5.74, 6) is -0.959. The first-order valence-corrected chi connectivity index (χ1v) is 6.61. The molecule has 0 saturated carbocycles. The van der Waals surface area contributed by atoms with Gasteiger partial charge >= 0.3 is 5.97 Å². The van der Waals surface area contributed by atoms with Crippen LogP contribution in [0.4, 0.5) is 0 Å². The lowest BCUT2D eigenvalue weighted by atomic mass is 10.1. The van der Waals surface area contributed by atoms with Gasteiger partial charge in [0.1, 0.15) is 0 Å². The summed E-state index contributed by atoms with van der Waals surface area (Å²) in [7, 11) is 0. The van der Waals surface area contributed by atoms with Gasteiger partial charge in [-0.05, 0) is 24.5 Å². The van der Waals surface area contributed by atoms with Crippen LogP contribution < -0.4 is 5.32 Å². The molecule has 0 saturated heterocycles. The first-order chi connectivity index (χ1) is 8.59. The fourth-order valence-corrected chi connectivity index (χ4v) is 2.01. The van der Waals surface area contributed by atoms with E-state index in [-0.39, 0.29) is 18.7 Å². The third-order valence-corrected chi connectivity index (χ3v) is 3.24. The van der Waals surface area contributed by atoms with Crippen molar-refractivity contribution < 1.29 is 14.7 Å². The molecule has 4 nitrogen and oxygen atoms in total. The number of carbonyl (C=O) groups is 2. The summed E-state index contributed by atoms with van der Waals surface area (Å²) < 4.78 is 1.03. The summed E-state index contributed by atoms with van der Waals surface area (Å²) in [5, 5.41) is 11.2. The fraction of sp³-hybridized carbons (Fsp3) is 0.385. The van der Waals surface area contributed by atoms with Crippen molar-refractivity contribution in [3.63, 3.8) is 0 Å². The van der Waals surface area contributed by atoms with Crippen molar-refractivity contribution >= 4 is 27.8 Å². The molecular formula is C13H16BrNO3. The summed E-state index contributed by atoms with van der Waals surface area (Å²) >= 11 is 3.44. The third kappa shape index (κ3) is 5.82. The zero-order chi connectivity index (χ0) is 13.4. The van der Waals surface area contributed by atoms with Crippen LogP contribution in [0, 0.1) is 0 Å². The first kappa shape index (κ1) is 14.7. The predicted octanol–water partition coefficient (Wildman–Crippen LogP) is 2.36. The standard InChI is InChI=1S/C13H16BrNO3/c14-11-5-2-1-4-10(11)8-9-15-12(16)6-3-7-13(17)18/h1-2,4-5H,3,6-9H2,(H,15,16)(H,17,18). The summed E-state index contributed by atoms with van der Waals surface area (Å²) in [4.78, 5) is 21.7. The maximum absolute atomic E-state index is 11.4. The molecule has 98 valence electrons. The Morgan fingerprint density at radius 3 is 2.61 bits per heavy atom. The molecule has 0 heterocycles. The summed E-state index contributed by atoms with van der Waals surface area (Å²) in [6, 6.07) is 7.86. The predicted molar refractivity (Wildman–Crippen MR) is 72.3 cm³/mol. The molecule has 0 fully saturated rings. The molecule has 0 atom stereocenters. The highest BCUT2D eigenvalue weighted by atomic mass is 79.9. The van der Waals surface area contributed by atoms with Gasteiger partial charge in [-0.2, -0.15) is 0 Å². The van der Waals surface area contributed by atoms with Crippen LogP contribution in [0.3, 0.4) is 0 Å². The molecule has 0 aliphatic carbocycles. The molecule has 1 aromatic carbocycles. The largest absolute Gasteiger partial charge is 0.481 e. The lowest BCUT2D eigenvalue weighted by Crippen LogP contribution is -2.25. The van der Waals surface area contributed by atoms with Crippen molar-refractivity contribution in [1.29, 1.82) is 0 Å². The topological polar surface area (TPSA) is 66.4 Å². The molecule has 2 N–H and O–H groups in total. The van der Waals surface area contributed by atoms with Crippen LogP contribution in [0.15, 0.2) is 28.7 Å². The zero-order valence-electron chi connectivity index (χ0n) is 9.99. The first-order valence-electron chi connectivity index (χ1n) is 5.81. The monoisotopic (exact) mass is 313 g/mol. The Labute approximate surface area is 115 Å². The molecule has 1 rings (SSSR count). The van der Waals surface area contributed by atoms with E-state index >= 15 is 0 Å². The molecule has 0 radical (unpaired) electrons. The lowest BCUT2D eigenvalue weighted by Gasteiger charge is -2.06. The van der Waals surface area contributed by atoms with Crippen LogP contribution in [0.5, 0.6) is 0 Å². The van der Waals surface area contributed by atoms with Crippen molar-refractivity contribution in [1.82, 2.24) is 5.32 Å². The quantitative estimate of drug-likeness (QED) is 0.812. The SMILES string of the molecule is O=C(O)CCCC(=O)NCCc1ccccc1Br. The summed E-state index contributed by atoms with van der Waals surface area (Å²) in [6.07, 6.45) is 1.45. The van der Waals surface area contributed by atoms with Gasteiger partial charge < -0.3 is 10.4 Å². The number of benzene rings is 1. The van der Waals surface area contributed by atoms with Crippen molar-refractivity contribution in [3.8, 4) is 0 Å². The van der Waals surface area contributed by atoms with E-state index in [2.05, 4.69) is 21.2 Å². The number of halogens is 1. The van der Waals surface area contributed by atoms with Crippen LogP contribution in [-0.4, -0.2) is 23.5 Å². The van der Waals surface area contributed by atoms with Gasteiger partial charge in [0.2, 0.25) is 5.91 Å². The molecule has 0 bridgehead atoms. The Hall–Kier alpha value is -1.36. The lowest BCUT2D eigenvalue weighted by molar-refractivity contribution is -0.137. The van der Waals surface area contributed by atoms with E-state index in [1.165, 1.54) is 0 Å². The van der Waals surface area contributed by atoms with E-state index in [1.54, 1.807) is 0 Å². The van der Waals surface area contributed by atoms with Crippen LogP contribution in [0.25, 0.3) is 0 Å². The van der Waals surface area contributed by atoms with Gasteiger partial charge in [0.15, 0.2) is 0 Å². The van der Waals surface area contributed by atoms with E-state index in [9.17, 15) is 9.59 Å². The van der Waals surface area contributed by atoms with Gasteiger partial charge in [-0.1, -0.05) is 34.1 Å². The maximum atomic E-state index is 11.4.